The molecule has 1 N–H and O–H groups in total. The number of fused-ring (bicyclic) bond motifs is 1. The van der Waals surface area contributed by atoms with E-state index in [4.69, 9.17) is 0 Å². The number of carbonyl (C=O) groups excluding carboxylic acids is 1. The standard InChI is InChI=1S/C12H15N3O/c1-13-6-9-11-8(4-5-10(11)16)14-12(15-9)7-2-3-7/h7,13H,2-6H2,1H3. The quantitative estimate of drug-likeness (QED) is 0.826. The number of rotatable bonds is 3. The highest BCUT2D eigenvalue weighted by atomic mass is 16.1. The summed E-state index contributed by atoms with van der Waals surface area (Å²) in [6.07, 6.45) is 3.80. The van der Waals surface area contributed by atoms with Gasteiger partial charge in [0.05, 0.1) is 17.0 Å². The summed E-state index contributed by atoms with van der Waals surface area (Å²) in [6, 6.07) is 0. The van der Waals surface area contributed by atoms with Crippen LogP contribution in [0.3, 0.4) is 0 Å². The van der Waals surface area contributed by atoms with Gasteiger partial charge in [-0.1, -0.05) is 0 Å². The maximum absolute atomic E-state index is 11.8. The second kappa shape index (κ2) is 3.63. The van der Waals surface area contributed by atoms with Gasteiger partial charge in [-0.3, -0.25) is 4.79 Å². The summed E-state index contributed by atoms with van der Waals surface area (Å²) in [7, 11) is 1.88. The molecule has 0 radical (unpaired) electrons. The smallest absolute Gasteiger partial charge is 0.166 e. The highest BCUT2D eigenvalue weighted by molar-refractivity contribution is 6.00. The molecular formula is C12H15N3O. The van der Waals surface area contributed by atoms with Gasteiger partial charge in [-0.05, 0) is 26.3 Å². The van der Waals surface area contributed by atoms with Crippen molar-refractivity contribution in [3.63, 3.8) is 0 Å². The van der Waals surface area contributed by atoms with Gasteiger partial charge in [0.25, 0.3) is 0 Å². The van der Waals surface area contributed by atoms with Gasteiger partial charge in [-0.2, -0.15) is 0 Å². The second-order valence-electron chi connectivity index (χ2n) is 4.58. The Labute approximate surface area is 94.5 Å². The number of aryl methyl sites for hydroxylation is 1. The SMILES string of the molecule is CNCc1nc(C2CC2)nc2c1C(=O)CC2. The molecule has 0 aliphatic heterocycles. The molecule has 1 aromatic heterocycles. The minimum Gasteiger partial charge on any atom is -0.314 e. The summed E-state index contributed by atoms with van der Waals surface area (Å²) in [5, 5.41) is 3.08. The van der Waals surface area contributed by atoms with Crippen molar-refractivity contribution in [2.45, 2.75) is 38.1 Å². The molecule has 3 rings (SSSR count). The van der Waals surface area contributed by atoms with E-state index in [1.165, 1.54) is 12.8 Å². The fourth-order valence-corrected chi connectivity index (χ4v) is 2.26. The summed E-state index contributed by atoms with van der Waals surface area (Å²) >= 11 is 0. The molecule has 1 fully saturated rings. The van der Waals surface area contributed by atoms with E-state index in [1.54, 1.807) is 0 Å². The fraction of sp³-hybridized carbons (Fsp3) is 0.583. The first-order chi connectivity index (χ1) is 7.79. The zero-order valence-corrected chi connectivity index (χ0v) is 9.42. The molecule has 1 saturated carbocycles. The largest absolute Gasteiger partial charge is 0.314 e. The molecule has 0 bridgehead atoms. The van der Waals surface area contributed by atoms with Crippen LogP contribution in [0.25, 0.3) is 0 Å². The normalized spacial score (nSPS) is 18.9. The van der Waals surface area contributed by atoms with Gasteiger partial charge >= 0.3 is 0 Å². The summed E-state index contributed by atoms with van der Waals surface area (Å²) in [5.74, 6) is 1.72. The molecule has 0 atom stereocenters. The van der Waals surface area contributed by atoms with Crippen molar-refractivity contribution in [2.24, 2.45) is 0 Å². The van der Waals surface area contributed by atoms with Crippen molar-refractivity contribution < 1.29 is 4.79 Å². The molecule has 0 amide bonds. The van der Waals surface area contributed by atoms with Gasteiger partial charge in [0.15, 0.2) is 5.78 Å². The molecule has 2 aliphatic carbocycles. The zero-order chi connectivity index (χ0) is 11.1. The van der Waals surface area contributed by atoms with E-state index in [0.29, 0.717) is 18.9 Å². The van der Waals surface area contributed by atoms with Crippen molar-refractivity contribution in [1.82, 2.24) is 15.3 Å². The minimum atomic E-state index is 0.211. The third-order valence-electron chi connectivity index (χ3n) is 3.23. The van der Waals surface area contributed by atoms with Crippen molar-refractivity contribution in [2.75, 3.05) is 7.05 Å². The first-order valence-electron chi connectivity index (χ1n) is 5.87. The predicted molar refractivity (Wildman–Crippen MR) is 59.4 cm³/mol. The maximum atomic E-state index is 11.8. The Balaban J connectivity index is 2.08. The molecule has 0 saturated heterocycles. The first kappa shape index (κ1) is 9.90. The van der Waals surface area contributed by atoms with Crippen molar-refractivity contribution in [3.8, 4) is 0 Å². The highest BCUT2D eigenvalue weighted by Gasteiger charge is 2.31. The minimum absolute atomic E-state index is 0.211. The molecule has 16 heavy (non-hydrogen) atoms. The number of aromatic nitrogens is 2. The van der Waals surface area contributed by atoms with Crippen LogP contribution in [-0.2, 0) is 13.0 Å². The van der Waals surface area contributed by atoms with E-state index in [9.17, 15) is 4.79 Å². The van der Waals surface area contributed by atoms with Crippen molar-refractivity contribution in [1.29, 1.82) is 0 Å². The van der Waals surface area contributed by atoms with Crippen LogP contribution in [0.15, 0.2) is 0 Å². The third kappa shape index (κ3) is 1.53. The lowest BCUT2D eigenvalue weighted by Crippen LogP contribution is -2.14. The lowest BCUT2D eigenvalue weighted by Gasteiger charge is -2.08. The topological polar surface area (TPSA) is 54.9 Å². The lowest BCUT2D eigenvalue weighted by molar-refractivity contribution is 0.0993. The van der Waals surface area contributed by atoms with E-state index in [1.807, 2.05) is 7.05 Å². The highest BCUT2D eigenvalue weighted by Crippen LogP contribution is 2.39. The molecule has 0 aromatic carbocycles. The Morgan fingerprint density at radius 3 is 2.81 bits per heavy atom. The van der Waals surface area contributed by atoms with Crippen LogP contribution >= 0.6 is 0 Å². The van der Waals surface area contributed by atoms with Crippen molar-refractivity contribution in [3.05, 3.63) is 22.8 Å². The average Bonchev–Trinajstić information content (AvgIpc) is 3.05. The molecule has 1 aromatic rings. The lowest BCUT2D eigenvalue weighted by atomic mass is 10.1. The monoisotopic (exact) mass is 217 g/mol. The fourth-order valence-electron chi connectivity index (χ4n) is 2.26. The van der Waals surface area contributed by atoms with Crippen LogP contribution < -0.4 is 5.32 Å². The number of Topliss-reactive ketones (excluding diaryl/α,β-unsaturated/α-hetero) is 1. The Bertz CT molecular complexity index is 452. The average molecular weight is 217 g/mol. The van der Waals surface area contributed by atoms with Crippen LogP contribution in [0.4, 0.5) is 0 Å². The van der Waals surface area contributed by atoms with Crippen LogP contribution in [0.5, 0.6) is 0 Å². The van der Waals surface area contributed by atoms with E-state index >= 15 is 0 Å². The summed E-state index contributed by atoms with van der Waals surface area (Å²) in [5.41, 5.74) is 2.67. The number of hydrogen-bond donors (Lipinski definition) is 1. The van der Waals surface area contributed by atoms with Crippen molar-refractivity contribution >= 4 is 5.78 Å². The van der Waals surface area contributed by atoms with E-state index < -0.39 is 0 Å². The van der Waals surface area contributed by atoms with E-state index in [-0.39, 0.29) is 5.78 Å². The molecule has 4 nitrogen and oxygen atoms in total. The number of hydrogen-bond acceptors (Lipinski definition) is 4. The van der Waals surface area contributed by atoms with Gasteiger partial charge in [-0.15, -0.1) is 0 Å². The Morgan fingerprint density at radius 2 is 2.12 bits per heavy atom. The van der Waals surface area contributed by atoms with Gasteiger partial charge in [0, 0.05) is 18.9 Å². The number of nitrogens with zero attached hydrogens (tertiary/aromatic N) is 2. The van der Waals surface area contributed by atoms with E-state index in [0.717, 1.165) is 29.2 Å². The molecule has 4 heteroatoms. The molecule has 84 valence electrons. The van der Waals surface area contributed by atoms with Crippen LogP contribution in [0, 0.1) is 0 Å². The van der Waals surface area contributed by atoms with Crippen LogP contribution in [-0.4, -0.2) is 22.8 Å². The number of nitrogens with one attached hydrogen (secondary N) is 1. The Kier molecular flexibility index (Phi) is 2.24. The van der Waals surface area contributed by atoms with Gasteiger partial charge < -0.3 is 5.32 Å². The van der Waals surface area contributed by atoms with Gasteiger partial charge in [0.2, 0.25) is 0 Å². The first-order valence-corrected chi connectivity index (χ1v) is 5.87. The Hall–Kier alpha value is -1.29. The van der Waals surface area contributed by atoms with Gasteiger partial charge in [-0.25, -0.2) is 9.97 Å². The maximum Gasteiger partial charge on any atom is 0.166 e. The predicted octanol–water partition coefficient (Wildman–Crippen LogP) is 1.20. The molecular weight excluding hydrogens is 202 g/mol. The molecule has 1 heterocycles. The molecule has 0 unspecified atom stereocenters. The summed E-state index contributed by atoms with van der Waals surface area (Å²) in [4.78, 5) is 20.9. The summed E-state index contributed by atoms with van der Waals surface area (Å²) < 4.78 is 0. The zero-order valence-electron chi connectivity index (χ0n) is 9.42. The van der Waals surface area contributed by atoms with Crippen LogP contribution in [0.1, 0.15) is 52.8 Å². The van der Waals surface area contributed by atoms with Gasteiger partial charge in [0.1, 0.15) is 5.82 Å². The number of carbonyl (C=O) groups is 1. The molecule has 0 spiro atoms. The van der Waals surface area contributed by atoms with E-state index in [2.05, 4.69) is 15.3 Å². The third-order valence-corrected chi connectivity index (χ3v) is 3.23. The summed E-state index contributed by atoms with van der Waals surface area (Å²) in [6.45, 7) is 0.663. The second-order valence-corrected chi connectivity index (χ2v) is 4.58. The van der Waals surface area contributed by atoms with Crippen LogP contribution in [0.2, 0.25) is 0 Å². The number of ketones is 1. The molecule has 2 aliphatic rings. The Morgan fingerprint density at radius 1 is 1.31 bits per heavy atom.